The second-order valence-corrected chi connectivity index (χ2v) is 7.22. The molecule has 1 fully saturated rings. The highest BCUT2D eigenvalue weighted by molar-refractivity contribution is 7.99. The van der Waals surface area contributed by atoms with Crippen LogP contribution in [0, 0.1) is 6.92 Å². The van der Waals surface area contributed by atoms with Crippen LogP contribution >= 0.6 is 11.8 Å². The summed E-state index contributed by atoms with van der Waals surface area (Å²) in [4.78, 5) is 14.6. The summed E-state index contributed by atoms with van der Waals surface area (Å²) in [6.07, 6.45) is 2.04. The number of aromatic nitrogens is 4. The van der Waals surface area contributed by atoms with Crippen LogP contribution < -0.4 is 5.32 Å². The standard InChI is InChI=1S/C17H24N6OS/c1-3-22-10-8-14(9-11-22)18-16(24)12-25-17-19-20-21-23(17)15-6-4-13(2)5-7-15/h4-7,14H,3,8-12H2,1-2H3,(H,18,24). The Morgan fingerprint density at radius 2 is 2.00 bits per heavy atom. The highest BCUT2D eigenvalue weighted by atomic mass is 32.2. The average molecular weight is 360 g/mol. The third-order valence-corrected chi connectivity index (χ3v) is 5.37. The maximum Gasteiger partial charge on any atom is 0.230 e. The van der Waals surface area contributed by atoms with E-state index in [4.69, 9.17) is 0 Å². The van der Waals surface area contributed by atoms with Gasteiger partial charge in [0, 0.05) is 19.1 Å². The van der Waals surface area contributed by atoms with E-state index in [0.717, 1.165) is 38.2 Å². The zero-order valence-electron chi connectivity index (χ0n) is 14.7. The van der Waals surface area contributed by atoms with E-state index < -0.39 is 0 Å². The molecule has 1 amide bonds. The second kappa shape index (κ2) is 8.44. The first-order valence-electron chi connectivity index (χ1n) is 8.65. The van der Waals surface area contributed by atoms with Gasteiger partial charge in [0.2, 0.25) is 11.1 Å². The predicted molar refractivity (Wildman–Crippen MR) is 97.9 cm³/mol. The van der Waals surface area contributed by atoms with Gasteiger partial charge in [0.05, 0.1) is 11.4 Å². The molecule has 1 aliphatic heterocycles. The van der Waals surface area contributed by atoms with Gasteiger partial charge in [0.15, 0.2) is 0 Å². The average Bonchev–Trinajstić information content (AvgIpc) is 3.10. The SMILES string of the molecule is CCN1CCC(NC(=O)CSc2nnnn2-c2ccc(C)cc2)CC1. The van der Waals surface area contributed by atoms with Crippen molar-refractivity contribution in [2.75, 3.05) is 25.4 Å². The molecule has 2 aromatic rings. The third-order valence-electron chi connectivity index (χ3n) is 4.45. The first-order valence-corrected chi connectivity index (χ1v) is 9.64. The quantitative estimate of drug-likeness (QED) is 0.790. The molecule has 1 aliphatic rings. The van der Waals surface area contributed by atoms with E-state index in [0.29, 0.717) is 10.9 Å². The van der Waals surface area contributed by atoms with E-state index in [1.54, 1.807) is 4.68 Å². The lowest BCUT2D eigenvalue weighted by molar-refractivity contribution is -0.119. The summed E-state index contributed by atoms with van der Waals surface area (Å²) in [6, 6.07) is 8.25. The molecule has 1 aromatic carbocycles. The molecule has 2 heterocycles. The summed E-state index contributed by atoms with van der Waals surface area (Å²) in [5, 5.41) is 15.5. The van der Waals surface area contributed by atoms with Crippen molar-refractivity contribution in [2.45, 2.75) is 37.9 Å². The molecular formula is C17H24N6OS. The fraction of sp³-hybridized carbons (Fsp3) is 0.529. The maximum absolute atomic E-state index is 12.2. The smallest absolute Gasteiger partial charge is 0.230 e. The van der Waals surface area contributed by atoms with Crippen LogP contribution in [0.4, 0.5) is 0 Å². The molecule has 0 unspecified atom stereocenters. The van der Waals surface area contributed by atoms with Crippen LogP contribution in [0.15, 0.2) is 29.4 Å². The van der Waals surface area contributed by atoms with Crippen molar-refractivity contribution < 1.29 is 4.79 Å². The van der Waals surface area contributed by atoms with Gasteiger partial charge in [0.25, 0.3) is 0 Å². The Labute approximate surface area is 152 Å². The lowest BCUT2D eigenvalue weighted by Gasteiger charge is -2.31. The Kier molecular flexibility index (Phi) is 6.04. The number of tetrazole rings is 1. The molecule has 0 aliphatic carbocycles. The molecular weight excluding hydrogens is 336 g/mol. The first kappa shape index (κ1) is 17.9. The van der Waals surface area contributed by atoms with E-state index >= 15 is 0 Å². The molecule has 0 bridgehead atoms. The van der Waals surface area contributed by atoms with Gasteiger partial charge >= 0.3 is 0 Å². The summed E-state index contributed by atoms with van der Waals surface area (Å²) in [5.74, 6) is 0.360. The minimum absolute atomic E-state index is 0.0402. The maximum atomic E-state index is 12.2. The Balaban J connectivity index is 1.51. The number of likely N-dealkylation sites (tertiary alicyclic amines) is 1. The van der Waals surface area contributed by atoms with Gasteiger partial charge < -0.3 is 10.2 Å². The highest BCUT2D eigenvalue weighted by Crippen LogP contribution is 2.18. The van der Waals surface area contributed by atoms with Gasteiger partial charge in [-0.15, -0.1) is 5.10 Å². The Morgan fingerprint density at radius 3 is 2.68 bits per heavy atom. The summed E-state index contributed by atoms with van der Waals surface area (Å²) in [6.45, 7) is 7.40. The van der Waals surface area contributed by atoms with E-state index in [2.05, 4.69) is 32.7 Å². The lowest BCUT2D eigenvalue weighted by atomic mass is 10.1. The van der Waals surface area contributed by atoms with Gasteiger partial charge in [-0.3, -0.25) is 4.79 Å². The number of nitrogens with one attached hydrogen (secondary N) is 1. The van der Waals surface area contributed by atoms with Crippen molar-refractivity contribution in [1.82, 2.24) is 30.4 Å². The Bertz CT molecular complexity index is 693. The molecule has 8 heteroatoms. The van der Waals surface area contributed by atoms with Gasteiger partial charge in [0.1, 0.15) is 0 Å². The van der Waals surface area contributed by atoms with E-state index in [9.17, 15) is 4.79 Å². The molecule has 0 radical (unpaired) electrons. The van der Waals surface area contributed by atoms with Crippen molar-refractivity contribution in [3.8, 4) is 5.69 Å². The van der Waals surface area contributed by atoms with E-state index in [1.165, 1.54) is 17.3 Å². The monoisotopic (exact) mass is 360 g/mol. The number of thioether (sulfide) groups is 1. The molecule has 0 atom stereocenters. The van der Waals surface area contributed by atoms with Crippen molar-refractivity contribution in [2.24, 2.45) is 0 Å². The fourth-order valence-corrected chi connectivity index (χ4v) is 3.61. The molecule has 134 valence electrons. The number of nitrogens with zero attached hydrogens (tertiary/aromatic N) is 5. The molecule has 0 spiro atoms. The number of hydrogen-bond acceptors (Lipinski definition) is 6. The third kappa shape index (κ3) is 4.79. The molecule has 3 rings (SSSR count). The number of piperidine rings is 1. The van der Waals surface area contributed by atoms with Crippen molar-refractivity contribution in [1.29, 1.82) is 0 Å². The summed E-state index contributed by atoms with van der Waals surface area (Å²) >= 11 is 1.36. The van der Waals surface area contributed by atoms with Gasteiger partial charge in [-0.25, -0.2) is 0 Å². The minimum atomic E-state index is 0.0402. The van der Waals surface area contributed by atoms with Crippen LogP contribution in [0.25, 0.3) is 5.69 Å². The second-order valence-electron chi connectivity index (χ2n) is 6.27. The summed E-state index contributed by atoms with van der Waals surface area (Å²) in [5.41, 5.74) is 2.07. The van der Waals surface area contributed by atoms with Crippen molar-refractivity contribution >= 4 is 17.7 Å². The summed E-state index contributed by atoms with van der Waals surface area (Å²) in [7, 11) is 0. The van der Waals surface area contributed by atoms with Crippen molar-refractivity contribution in [3.05, 3.63) is 29.8 Å². The topological polar surface area (TPSA) is 75.9 Å². The number of carbonyl (C=O) groups is 1. The number of rotatable bonds is 6. The number of benzene rings is 1. The minimum Gasteiger partial charge on any atom is -0.353 e. The predicted octanol–water partition coefficient (Wildman–Crippen LogP) is 1.66. The van der Waals surface area contributed by atoms with Crippen LogP contribution in [-0.2, 0) is 4.79 Å². The van der Waals surface area contributed by atoms with Crippen LogP contribution in [-0.4, -0.2) is 62.4 Å². The van der Waals surface area contributed by atoms with Gasteiger partial charge in [-0.2, -0.15) is 4.68 Å². The van der Waals surface area contributed by atoms with Gasteiger partial charge in [-0.1, -0.05) is 36.4 Å². The number of hydrogen-bond donors (Lipinski definition) is 1. The van der Waals surface area contributed by atoms with E-state index in [-0.39, 0.29) is 11.9 Å². The normalized spacial score (nSPS) is 16.1. The number of amides is 1. The van der Waals surface area contributed by atoms with E-state index in [1.807, 2.05) is 31.2 Å². The highest BCUT2D eigenvalue weighted by Gasteiger charge is 2.20. The number of aryl methyl sites for hydroxylation is 1. The van der Waals surface area contributed by atoms with Crippen LogP contribution in [0.5, 0.6) is 0 Å². The number of carbonyl (C=O) groups excluding carboxylic acids is 1. The van der Waals surface area contributed by atoms with Crippen LogP contribution in [0.2, 0.25) is 0 Å². The zero-order valence-corrected chi connectivity index (χ0v) is 15.5. The summed E-state index contributed by atoms with van der Waals surface area (Å²) < 4.78 is 1.66. The molecule has 0 saturated carbocycles. The van der Waals surface area contributed by atoms with Crippen LogP contribution in [0.3, 0.4) is 0 Å². The molecule has 25 heavy (non-hydrogen) atoms. The molecule has 1 N–H and O–H groups in total. The Hall–Kier alpha value is -1.93. The molecule has 1 aromatic heterocycles. The fourth-order valence-electron chi connectivity index (χ4n) is 2.91. The Morgan fingerprint density at radius 1 is 1.28 bits per heavy atom. The molecule has 1 saturated heterocycles. The lowest BCUT2D eigenvalue weighted by Crippen LogP contribution is -2.45. The first-order chi connectivity index (χ1) is 12.2. The molecule has 7 nitrogen and oxygen atoms in total. The van der Waals surface area contributed by atoms with Gasteiger partial charge in [-0.05, 0) is 48.9 Å². The van der Waals surface area contributed by atoms with Crippen molar-refractivity contribution in [3.63, 3.8) is 0 Å². The van der Waals surface area contributed by atoms with Crippen LogP contribution in [0.1, 0.15) is 25.3 Å². The largest absolute Gasteiger partial charge is 0.353 e. The zero-order chi connectivity index (χ0) is 17.6.